The lowest BCUT2D eigenvalue weighted by Crippen LogP contribution is -2.37. The van der Waals surface area contributed by atoms with Gasteiger partial charge in [0.05, 0.1) is 29.6 Å². The van der Waals surface area contributed by atoms with Crippen LogP contribution in [0.3, 0.4) is 0 Å². The van der Waals surface area contributed by atoms with Gasteiger partial charge < -0.3 is 9.47 Å². The van der Waals surface area contributed by atoms with Crippen molar-refractivity contribution in [1.29, 1.82) is 0 Å². The minimum atomic E-state index is 0.120. The molecule has 158 valence electrons. The first kappa shape index (κ1) is 18.4. The molecule has 0 N–H and O–H groups in total. The van der Waals surface area contributed by atoms with E-state index >= 15 is 0 Å². The number of hydrogen-bond donors (Lipinski definition) is 0. The van der Waals surface area contributed by atoms with E-state index in [2.05, 4.69) is 27.9 Å². The van der Waals surface area contributed by atoms with Crippen LogP contribution in [0.15, 0.2) is 30.6 Å². The molecule has 1 aromatic carbocycles. The van der Waals surface area contributed by atoms with Crippen molar-refractivity contribution in [2.75, 3.05) is 6.54 Å². The molecule has 1 saturated carbocycles. The number of nitrogens with zero attached hydrogens (tertiary/aromatic N) is 7. The Morgan fingerprint density at radius 1 is 1.10 bits per heavy atom. The molecule has 1 fully saturated rings. The Balaban J connectivity index is 1.48. The Hall–Kier alpha value is -3.42. The molecule has 0 bridgehead atoms. The standard InChI is InChI=1S/C23H25N7O/c1-14(31)29-8-9-30-20(13-29)22(25-23(30)15-4-5-15)16-6-7-18-19(10-16)28(3)26-21(18)17-11-24-27(2)12-17/h6-7,10-12,15H,4-5,8-9,13H2,1-3H3. The van der Waals surface area contributed by atoms with Gasteiger partial charge in [0, 0.05) is 62.7 Å². The van der Waals surface area contributed by atoms with Gasteiger partial charge in [-0.15, -0.1) is 0 Å². The minimum Gasteiger partial charge on any atom is -0.335 e. The molecule has 1 amide bonds. The van der Waals surface area contributed by atoms with Crippen molar-refractivity contribution in [1.82, 2.24) is 34.0 Å². The lowest BCUT2D eigenvalue weighted by atomic mass is 10.0. The molecule has 0 atom stereocenters. The van der Waals surface area contributed by atoms with E-state index in [-0.39, 0.29) is 5.91 Å². The number of carbonyl (C=O) groups is 1. The first-order chi connectivity index (χ1) is 15.0. The zero-order valence-electron chi connectivity index (χ0n) is 18.0. The summed E-state index contributed by atoms with van der Waals surface area (Å²) in [5.41, 5.74) is 6.23. The normalized spacial score (nSPS) is 16.2. The maximum atomic E-state index is 12.0. The molecule has 0 unspecified atom stereocenters. The van der Waals surface area contributed by atoms with E-state index in [1.165, 1.54) is 18.7 Å². The second-order valence-corrected chi connectivity index (χ2v) is 8.74. The van der Waals surface area contributed by atoms with Gasteiger partial charge in [0.2, 0.25) is 5.91 Å². The number of amides is 1. The van der Waals surface area contributed by atoms with Crippen molar-refractivity contribution in [2.24, 2.45) is 14.1 Å². The summed E-state index contributed by atoms with van der Waals surface area (Å²) in [6, 6.07) is 6.44. The quantitative estimate of drug-likeness (QED) is 0.515. The van der Waals surface area contributed by atoms with Crippen molar-refractivity contribution in [2.45, 2.75) is 38.8 Å². The van der Waals surface area contributed by atoms with Crippen LogP contribution in [0.25, 0.3) is 33.4 Å². The Bertz CT molecular complexity index is 1340. The fraction of sp³-hybridized carbons (Fsp3) is 0.391. The number of fused-ring (bicyclic) bond motifs is 2. The van der Waals surface area contributed by atoms with Crippen LogP contribution < -0.4 is 0 Å². The fourth-order valence-electron chi connectivity index (χ4n) is 4.71. The molecule has 4 heterocycles. The third kappa shape index (κ3) is 2.89. The van der Waals surface area contributed by atoms with Crippen LogP contribution >= 0.6 is 0 Å². The van der Waals surface area contributed by atoms with E-state index in [4.69, 9.17) is 10.1 Å². The average Bonchev–Trinajstić information content (AvgIpc) is 3.27. The Morgan fingerprint density at radius 3 is 2.65 bits per heavy atom. The highest BCUT2D eigenvalue weighted by atomic mass is 16.2. The van der Waals surface area contributed by atoms with Gasteiger partial charge in [0.1, 0.15) is 11.5 Å². The van der Waals surface area contributed by atoms with Crippen LogP contribution in [0.4, 0.5) is 0 Å². The van der Waals surface area contributed by atoms with Crippen LogP contribution in [0.2, 0.25) is 0 Å². The van der Waals surface area contributed by atoms with Crippen molar-refractivity contribution < 1.29 is 4.79 Å². The monoisotopic (exact) mass is 415 g/mol. The predicted octanol–water partition coefficient (Wildman–Crippen LogP) is 3.08. The second kappa shape index (κ2) is 6.54. The number of aromatic nitrogens is 6. The summed E-state index contributed by atoms with van der Waals surface area (Å²) in [5, 5.41) is 10.1. The summed E-state index contributed by atoms with van der Waals surface area (Å²) in [5.74, 6) is 1.87. The van der Waals surface area contributed by atoms with Crippen molar-refractivity contribution in [3.05, 3.63) is 42.1 Å². The number of rotatable bonds is 3. The zero-order valence-corrected chi connectivity index (χ0v) is 18.0. The number of benzene rings is 1. The molecule has 1 aliphatic heterocycles. The summed E-state index contributed by atoms with van der Waals surface area (Å²) in [6.07, 6.45) is 6.25. The minimum absolute atomic E-state index is 0.120. The van der Waals surface area contributed by atoms with Gasteiger partial charge in [-0.25, -0.2) is 4.98 Å². The first-order valence-corrected chi connectivity index (χ1v) is 10.8. The highest BCUT2D eigenvalue weighted by molar-refractivity contribution is 5.95. The van der Waals surface area contributed by atoms with Gasteiger partial charge in [-0.05, 0) is 25.0 Å². The zero-order chi connectivity index (χ0) is 21.3. The molecular formula is C23H25N7O. The van der Waals surface area contributed by atoms with Crippen molar-refractivity contribution >= 4 is 16.8 Å². The van der Waals surface area contributed by atoms with Crippen molar-refractivity contribution in [3.8, 4) is 22.5 Å². The molecule has 0 spiro atoms. The third-order valence-corrected chi connectivity index (χ3v) is 6.53. The second-order valence-electron chi connectivity index (χ2n) is 8.74. The lowest BCUT2D eigenvalue weighted by Gasteiger charge is -2.28. The largest absolute Gasteiger partial charge is 0.335 e. The van der Waals surface area contributed by atoms with E-state index in [1.807, 2.05) is 36.1 Å². The maximum Gasteiger partial charge on any atom is 0.219 e. The molecule has 1 aliphatic carbocycles. The molecule has 8 heteroatoms. The van der Waals surface area contributed by atoms with Gasteiger partial charge in [0.25, 0.3) is 0 Å². The topological polar surface area (TPSA) is 73.8 Å². The summed E-state index contributed by atoms with van der Waals surface area (Å²) < 4.78 is 6.08. The van der Waals surface area contributed by atoms with E-state index in [9.17, 15) is 4.79 Å². The van der Waals surface area contributed by atoms with Crippen LogP contribution in [0.1, 0.15) is 37.2 Å². The molecule has 3 aromatic heterocycles. The van der Waals surface area contributed by atoms with E-state index < -0.39 is 0 Å². The average molecular weight is 416 g/mol. The van der Waals surface area contributed by atoms with Gasteiger partial charge in [0.15, 0.2) is 0 Å². The molecule has 4 aromatic rings. The summed E-state index contributed by atoms with van der Waals surface area (Å²) in [6.45, 7) is 3.85. The predicted molar refractivity (Wildman–Crippen MR) is 117 cm³/mol. The van der Waals surface area contributed by atoms with Crippen LogP contribution in [-0.2, 0) is 32.0 Å². The van der Waals surface area contributed by atoms with E-state index in [0.29, 0.717) is 12.5 Å². The summed E-state index contributed by atoms with van der Waals surface area (Å²) in [4.78, 5) is 19.1. The van der Waals surface area contributed by atoms with Crippen LogP contribution in [0.5, 0.6) is 0 Å². The smallest absolute Gasteiger partial charge is 0.219 e. The van der Waals surface area contributed by atoms with Crippen LogP contribution in [0, 0.1) is 0 Å². The molecule has 0 radical (unpaired) electrons. The Kier molecular flexibility index (Phi) is 3.87. The number of imidazole rings is 1. The highest BCUT2D eigenvalue weighted by Gasteiger charge is 2.34. The first-order valence-electron chi connectivity index (χ1n) is 10.8. The van der Waals surface area contributed by atoms with E-state index in [1.54, 1.807) is 11.6 Å². The molecule has 8 nitrogen and oxygen atoms in total. The van der Waals surface area contributed by atoms with Crippen molar-refractivity contribution in [3.63, 3.8) is 0 Å². The third-order valence-electron chi connectivity index (χ3n) is 6.53. The molecule has 31 heavy (non-hydrogen) atoms. The number of hydrogen-bond acceptors (Lipinski definition) is 4. The van der Waals surface area contributed by atoms with Crippen LogP contribution in [-0.4, -0.2) is 46.5 Å². The van der Waals surface area contributed by atoms with E-state index in [0.717, 1.165) is 52.2 Å². The fourth-order valence-corrected chi connectivity index (χ4v) is 4.71. The number of carbonyl (C=O) groups excluding carboxylic acids is 1. The van der Waals surface area contributed by atoms with Gasteiger partial charge in [-0.3, -0.25) is 14.2 Å². The summed E-state index contributed by atoms with van der Waals surface area (Å²) in [7, 11) is 3.89. The SMILES string of the molecule is CC(=O)N1CCn2c(C3CC3)nc(-c3ccc4c(-c5cnn(C)c5)nn(C)c4c3)c2C1. The summed E-state index contributed by atoms with van der Waals surface area (Å²) >= 11 is 0. The van der Waals surface area contributed by atoms with Gasteiger partial charge in [-0.1, -0.05) is 6.07 Å². The Labute approximate surface area is 180 Å². The molecule has 0 saturated heterocycles. The molecule has 2 aliphatic rings. The van der Waals surface area contributed by atoms with Gasteiger partial charge in [-0.2, -0.15) is 10.2 Å². The molecular weight excluding hydrogens is 390 g/mol. The maximum absolute atomic E-state index is 12.0. The number of aryl methyl sites for hydroxylation is 2. The Morgan fingerprint density at radius 2 is 1.94 bits per heavy atom. The van der Waals surface area contributed by atoms with Gasteiger partial charge >= 0.3 is 0 Å². The molecule has 6 rings (SSSR count). The highest BCUT2D eigenvalue weighted by Crippen LogP contribution is 2.43. The lowest BCUT2D eigenvalue weighted by molar-refractivity contribution is -0.130.